The maximum absolute atomic E-state index is 12.8. The summed E-state index contributed by atoms with van der Waals surface area (Å²) in [6.07, 6.45) is 7.45. The molecule has 3 heterocycles. The van der Waals surface area contributed by atoms with Crippen molar-refractivity contribution in [1.29, 1.82) is 0 Å². The van der Waals surface area contributed by atoms with Crippen LogP contribution in [0.15, 0.2) is 45.4 Å². The van der Waals surface area contributed by atoms with Gasteiger partial charge >= 0.3 is 0 Å². The highest BCUT2D eigenvalue weighted by Crippen LogP contribution is 2.35. The molecule has 52 heavy (non-hydrogen) atoms. The van der Waals surface area contributed by atoms with Crippen molar-refractivity contribution in [2.45, 2.75) is 122 Å². The fraction of sp³-hybridized carbons (Fsp3) is 0.487. The van der Waals surface area contributed by atoms with Gasteiger partial charge in [0, 0.05) is 29.6 Å². The number of aliphatic hydroxyl groups excluding tert-OH is 2. The fourth-order valence-corrected chi connectivity index (χ4v) is 7.48. The van der Waals surface area contributed by atoms with E-state index in [4.69, 9.17) is 14.8 Å². The maximum Gasteiger partial charge on any atom is 0.247 e. The van der Waals surface area contributed by atoms with Crippen LogP contribution in [0.25, 0.3) is 22.3 Å². The van der Waals surface area contributed by atoms with E-state index in [-0.39, 0.29) is 30.1 Å². The second-order valence-corrected chi connectivity index (χ2v) is 14.4. The van der Waals surface area contributed by atoms with Crippen molar-refractivity contribution in [2.75, 3.05) is 21.7 Å². The van der Waals surface area contributed by atoms with Gasteiger partial charge in [0.05, 0.1) is 46.3 Å². The van der Waals surface area contributed by atoms with E-state index < -0.39 is 6.04 Å². The van der Waals surface area contributed by atoms with E-state index in [2.05, 4.69) is 31.6 Å². The average Bonchev–Trinajstić information content (AvgIpc) is 3.82. The van der Waals surface area contributed by atoms with Crippen LogP contribution in [0.1, 0.15) is 87.1 Å². The minimum atomic E-state index is -0.516. The number of aliphatic hydroxyl groups is 2. The van der Waals surface area contributed by atoms with Crippen molar-refractivity contribution in [3.63, 3.8) is 0 Å². The molecule has 13 heteroatoms. The number of hydrogen-bond donors (Lipinski definition) is 7. The molecule has 2 saturated carbocycles. The molecule has 2 aromatic heterocycles. The highest BCUT2D eigenvalue weighted by Gasteiger charge is 2.28. The maximum atomic E-state index is 12.8. The summed E-state index contributed by atoms with van der Waals surface area (Å²) >= 11 is 0. The molecule has 2 aromatic carbocycles. The molecule has 7 rings (SSSR count). The summed E-state index contributed by atoms with van der Waals surface area (Å²) in [4.78, 5) is 24.3. The lowest BCUT2D eigenvalue weighted by molar-refractivity contribution is -0.122. The van der Waals surface area contributed by atoms with Gasteiger partial charge in [-0.3, -0.25) is 9.59 Å². The summed E-state index contributed by atoms with van der Waals surface area (Å²) in [5.41, 5.74) is 14.9. The predicted molar refractivity (Wildman–Crippen MR) is 201 cm³/mol. The van der Waals surface area contributed by atoms with E-state index >= 15 is 0 Å². The van der Waals surface area contributed by atoms with Gasteiger partial charge in [0.2, 0.25) is 11.8 Å². The highest BCUT2D eigenvalue weighted by molar-refractivity contribution is 6.01. The lowest BCUT2D eigenvalue weighted by Crippen LogP contribution is -2.37. The Balaban J connectivity index is 0.000000187. The van der Waals surface area contributed by atoms with Crippen LogP contribution in [-0.2, 0) is 9.59 Å². The number of carbonyl (C=O) groups excluding carboxylic acids is 2. The third kappa shape index (κ3) is 8.76. The van der Waals surface area contributed by atoms with Crippen molar-refractivity contribution < 1.29 is 28.8 Å². The zero-order chi connectivity index (χ0) is 36.9. The zero-order valence-electron chi connectivity index (χ0n) is 30.4. The summed E-state index contributed by atoms with van der Waals surface area (Å²) in [6.45, 7) is 7.59. The highest BCUT2D eigenvalue weighted by atomic mass is 16.5. The van der Waals surface area contributed by atoms with Gasteiger partial charge in [0.15, 0.2) is 0 Å². The summed E-state index contributed by atoms with van der Waals surface area (Å²) in [5, 5.41) is 40.1. The minimum Gasteiger partial charge on any atom is -0.397 e. The second kappa shape index (κ2) is 16.2. The number of carbonyl (C=O) groups is 2. The molecule has 0 bridgehead atoms. The first-order valence-electron chi connectivity index (χ1n) is 18.3. The molecule has 0 unspecified atom stereocenters. The molecule has 2 amide bonds. The van der Waals surface area contributed by atoms with Gasteiger partial charge in [0.25, 0.3) is 0 Å². The summed E-state index contributed by atoms with van der Waals surface area (Å²) < 4.78 is 10.5. The molecule has 278 valence electrons. The molecule has 0 radical (unpaired) electrons. The first-order valence-corrected chi connectivity index (χ1v) is 18.3. The Kier molecular flexibility index (Phi) is 11.5. The Bertz CT molecular complexity index is 1830. The van der Waals surface area contributed by atoms with Gasteiger partial charge in [-0.25, -0.2) is 0 Å². The molecule has 0 spiro atoms. The molecule has 3 aliphatic rings. The van der Waals surface area contributed by atoms with Crippen LogP contribution in [0.3, 0.4) is 0 Å². The van der Waals surface area contributed by atoms with Crippen LogP contribution in [0.4, 0.5) is 22.7 Å². The number of nitrogen functional groups attached to an aromatic ring is 1. The van der Waals surface area contributed by atoms with Gasteiger partial charge in [0.1, 0.15) is 17.6 Å². The number of nitrogens with zero attached hydrogens (tertiary/aromatic N) is 2. The SMILES string of the molecule is Cc1noc(C)c1-c1ccc(NC2CCC(O)CC2)c(N)c1.Cc1noc(C)c1-c1ccc(NC2CCC(O)CC2)c(NC(=O)[C@@H]2CCC(=O)N2)c1. The van der Waals surface area contributed by atoms with Crippen molar-refractivity contribution in [3.8, 4) is 22.3 Å². The van der Waals surface area contributed by atoms with Crippen molar-refractivity contribution in [1.82, 2.24) is 15.6 Å². The molecule has 1 saturated heterocycles. The molecule has 3 fully saturated rings. The molecule has 1 atom stereocenters. The number of nitrogens with one attached hydrogen (secondary N) is 4. The lowest BCUT2D eigenvalue weighted by Gasteiger charge is -2.28. The number of benzene rings is 2. The largest absolute Gasteiger partial charge is 0.397 e. The van der Waals surface area contributed by atoms with Crippen LogP contribution < -0.4 is 27.0 Å². The third-order valence-corrected chi connectivity index (χ3v) is 10.4. The third-order valence-electron chi connectivity index (χ3n) is 10.4. The van der Waals surface area contributed by atoms with Crippen molar-refractivity contribution in [3.05, 3.63) is 59.3 Å². The van der Waals surface area contributed by atoms with Crippen LogP contribution in [0, 0.1) is 27.7 Å². The van der Waals surface area contributed by atoms with Gasteiger partial charge < -0.3 is 46.3 Å². The Hall–Kier alpha value is -4.88. The van der Waals surface area contributed by atoms with E-state index in [1.54, 1.807) is 0 Å². The van der Waals surface area contributed by atoms with Crippen LogP contribution in [0.2, 0.25) is 0 Å². The Labute approximate surface area is 304 Å². The number of rotatable bonds is 8. The molecule has 1 aliphatic heterocycles. The first-order chi connectivity index (χ1) is 24.9. The quantitative estimate of drug-likeness (QED) is 0.103. The van der Waals surface area contributed by atoms with Gasteiger partial charge in [-0.2, -0.15) is 0 Å². The fourth-order valence-electron chi connectivity index (χ4n) is 7.48. The first kappa shape index (κ1) is 36.9. The monoisotopic (exact) mass is 713 g/mol. The number of amides is 2. The van der Waals surface area contributed by atoms with Gasteiger partial charge in [-0.15, -0.1) is 0 Å². The number of aromatic nitrogens is 2. The molecular weight excluding hydrogens is 662 g/mol. The van der Waals surface area contributed by atoms with Crippen molar-refractivity contribution >= 4 is 34.6 Å². The molecule has 13 nitrogen and oxygen atoms in total. The lowest BCUT2D eigenvalue weighted by atomic mass is 9.92. The van der Waals surface area contributed by atoms with E-state index in [0.717, 1.165) is 114 Å². The number of anilines is 4. The number of hydrogen-bond acceptors (Lipinski definition) is 11. The molecule has 8 N–H and O–H groups in total. The van der Waals surface area contributed by atoms with Crippen molar-refractivity contribution in [2.24, 2.45) is 0 Å². The van der Waals surface area contributed by atoms with Gasteiger partial charge in [-0.05, 0) is 121 Å². The summed E-state index contributed by atoms with van der Waals surface area (Å²) in [7, 11) is 0. The Morgan fingerprint density at radius 3 is 1.69 bits per heavy atom. The minimum absolute atomic E-state index is 0.0984. The van der Waals surface area contributed by atoms with Crippen LogP contribution >= 0.6 is 0 Å². The van der Waals surface area contributed by atoms with E-state index in [1.165, 1.54) is 0 Å². The van der Waals surface area contributed by atoms with Crippen LogP contribution in [-0.4, -0.2) is 62.7 Å². The van der Waals surface area contributed by atoms with E-state index in [9.17, 15) is 19.8 Å². The Morgan fingerprint density at radius 2 is 1.23 bits per heavy atom. The summed E-state index contributed by atoms with van der Waals surface area (Å²) in [6, 6.07) is 12.0. The van der Waals surface area contributed by atoms with E-state index in [1.807, 2.05) is 64.1 Å². The Morgan fingerprint density at radius 1 is 0.731 bits per heavy atom. The molecule has 2 aliphatic carbocycles. The van der Waals surface area contributed by atoms with E-state index in [0.29, 0.717) is 24.6 Å². The average molecular weight is 714 g/mol. The number of nitrogens with two attached hydrogens (primary N) is 1. The molecule has 4 aromatic rings. The standard InChI is InChI=1S/C22H28N4O4.C17H23N3O2/c1-12-21(13(2)30-26-12)14-3-8-17(23-15-4-6-16(27)7-5-15)19(11-14)25-22(29)18-9-10-20(28)24-18;1-10-17(11(2)22-20-10)12-3-8-16(15(18)9-12)19-13-4-6-14(21)7-5-13/h3,8,11,15-16,18,23,27H,4-7,9-10H2,1-2H3,(H,24,28)(H,25,29);3,8-9,13-14,19,21H,4-7,18H2,1-2H3/t15?,16?,18-;/m0./s1. The topological polar surface area (TPSA) is 201 Å². The van der Waals surface area contributed by atoms with Crippen LogP contribution in [0.5, 0.6) is 0 Å². The number of aryl methyl sites for hydroxylation is 4. The molecular formula is C39H51N7O6. The normalized spacial score (nSPS) is 23.0. The smallest absolute Gasteiger partial charge is 0.247 e. The van der Waals surface area contributed by atoms with Gasteiger partial charge in [-0.1, -0.05) is 22.4 Å². The predicted octanol–water partition coefficient (Wildman–Crippen LogP) is 6.15. The summed E-state index contributed by atoms with van der Waals surface area (Å²) in [5.74, 6) is 1.20. The second-order valence-electron chi connectivity index (χ2n) is 14.4. The zero-order valence-corrected chi connectivity index (χ0v) is 30.4.